The number of sulfonamides is 1. The minimum absolute atomic E-state index is 0.158. The number of carbonyl (C=O) groups excluding carboxylic acids is 4. The fraction of sp³-hybridized carbons (Fsp3) is 0.500. The zero-order valence-corrected chi connectivity index (χ0v) is 25.5. The van der Waals surface area contributed by atoms with E-state index >= 15 is 0 Å². The normalized spacial score (nSPS) is 27.3. The van der Waals surface area contributed by atoms with E-state index in [4.69, 9.17) is 27.9 Å². The highest BCUT2D eigenvalue weighted by Crippen LogP contribution is 2.46. The molecule has 4 rings (SSSR count). The first kappa shape index (κ1) is 31.8. The number of alkyl carbamates (subject to hydrolysis) is 1. The SMILES string of the molecule is C=C(C)OC(=O)N[C@H]1CCCCC/C=C\[C@@H]2C[C@@]2(C(=O)NS(=O)(=O)c2ccc(Cl)cc2Cl)NC(=O)[C@@H]2CCCN2C1=O. The molecule has 0 aromatic heterocycles. The van der Waals surface area contributed by atoms with E-state index in [1.54, 1.807) is 0 Å². The predicted octanol–water partition coefficient (Wildman–Crippen LogP) is 3.81. The highest BCUT2D eigenvalue weighted by molar-refractivity contribution is 7.90. The quantitative estimate of drug-likeness (QED) is 0.327. The second kappa shape index (κ2) is 13.0. The molecule has 42 heavy (non-hydrogen) atoms. The van der Waals surface area contributed by atoms with Crippen LogP contribution in [0.1, 0.15) is 58.3 Å². The fourth-order valence-corrected chi connectivity index (χ4v) is 7.20. The highest BCUT2D eigenvalue weighted by atomic mass is 35.5. The molecule has 4 amide bonds. The molecule has 2 aliphatic heterocycles. The van der Waals surface area contributed by atoms with Gasteiger partial charge in [-0.3, -0.25) is 14.4 Å². The molecule has 0 spiro atoms. The minimum atomic E-state index is -4.39. The van der Waals surface area contributed by atoms with Crippen molar-refractivity contribution in [3.63, 3.8) is 0 Å². The monoisotopic (exact) mass is 640 g/mol. The summed E-state index contributed by atoms with van der Waals surface area (Å²) in [5, 5.41) is 5.44. The van der Waals surface area contributed by atoms with Crippen LogP contribution >= 0.6 is 23.2 Å². The third kappa shape index (κ3) is 7.27. The molecular weight excluding hydrogens is 607 g/mol. The molecule has 14 heteroatoms. The van der Waals surface area contributed by atoms with E-state index in [9.17, 15) is 27.6 Å². The first-order valence-electron chi connectivity index (χ1n) is 13.8. The molecule has 1 saturated heterocycles. The van der Waals surface area contributed by atoms with Gasteiger partial charge in [-0.05, 0) is 63.6 Å². The number of benzene rings is 1. The van der Waals surface area contributed by atoms with Crippen LogP contribution in [0.4, 0.5) is 4.79 Å². The summed E-state index contributed by atoms with van der Waals surface area (Å²) in [5.74, 6) is -2.18. The number of carbonyl (C=O) groups is 4. The Labute approximate surface area is 255 Å². The number of hydrogen-bond donors (Lipinski definition) is 3. The molecule has 1 aliphatic carbocycles. The van der Waals surface area contributed by atoms with Gasteiger partial charge >= 0.3 is 6.09 Å². The Morgan fingerprint density at radius 1 is 1.14 bits per heavy atom. The fourth-order valence-electron chi connectivity index (χ4n) is 5.38. The number of allylic oxidation sites excluding steroid dienone is 2. The molecule has 0 bridgehead atoms. The van der Waals surface area contributed by atoms with Gasteiger partial charge in [0, 0.05) is 17.5 Å². The van der Waals surface area contributed by atoms with Crippen molar-refractivity contribution in [1.29, 1.82) is 0 Å². The topological polar surface area (TPSA) is 151 Å². The Hall–Kier alpha value is -3.09. The van der Waals surface area contributed by atoms with Crippen molar-refractivity contribution in [2.24, 2.45) is 5.92 Å². The maximum absolute atomic E-state index is 13.6. The number of nitrogens with zero attached hydrogens (tertiary/aromatic N) is 1. The molecule has 228 valence electrons. The van der Waals surface area contributed by atoms with Crippen molar-refractivity contribution in [1.82, 2.24) is 20.3 Å². The van der Waals surface area contributed by atoms with Gasteiger partial charge in [0.2, 0.25) is 11.8 Å². The average molecular weight is 642 g/mol. The van der Waals surface area contributed by atoms with Gasteiger partial charge in [-0.25, -0.2) is 17.9 Å². The Morgan fingerprint density at radius 3 is 2.62 bits per heavy atom. The number of ether oxygens (including phenoxy) is 1. The molecular formula is C28H34Cl2N4O7S. The summed E-state index contributed by atoms with van der Waals surface area (Å²) in [7, 11) is -4.39. The van der Waals surface area contributed by atoms with Gasteiger partial charge in [0.1, 0.15) is 22.5 Å². The lowest BCUT2D eigenvalue weighted by molar-refractivity contribution is -0.141. The van der Waals surface area contributed by atoms with Crippen LogP contribution < -0.4 is 15.4 Å². The predicted molar refractivity (Wildman–Crippen MR) is 156 cm³/mol. The van der Waals surface area contributed by atoms with E-state index < -0.39 is 57.4 Å². The van der Waals surface area contributed by atoms with Gasteiger partial charge in [-0.2, -0.15) is 0 Å². The molecule has 1 aromatic rings. The van der Waals surface area contributed by atoms with Gasteiger partial charge < -0.3 is 20.3 Å². The highest BCUT2D eigenvalue weighted by Gasteiger charge is 2.61. The number of fused-ring (bicyclic) bond motifs is 2. The number of nitrogens with one attached hydrogen (secondary N) is 3. The molecule has 0 unspecified atom stereocenters. The molecule has 2 fully saturated rings. The second-order valence-electron chi connectivity index (χ2n) is 10.8. The summed E-state index contributed by atoms with van der Waals surface area (Å²) in [5.41, 5.74) is -1.53. The summed E-state index contributed by atoms with van der Waals surface area (Å²) in [4.78, 5) is 54.1. The van der Waals surface area contributed by atoms with E-state index in [0.717, 1.165) is 12.8 Å². The van der Waals surface area contributed by atoms with E-state index in [-0.39, 0.29) is 33.7 Å². The van der Waals surface area contributed by atoms with Crippen LogP contribution in [0.25, 0.3) is 0 Å². The van der Waals surface area contributed by atoms with E-state index in [1.165, 1.54) is 30.0 Å². The van der Waals surface area contributed by atoms with Gasteiger partial charge in [0.25, 0.3) is 15.9 Å². The van der Waals surface area contributed by atoms with Crippen LogP contribution in [0.15, 0.2) is 47.6 Å². The zero-order valence-electron chi connectivity index (χ0n) is 23.2. The molecule has 1 aromatic carbocycles. The third-order valence-electron chi connectivity index (χ3n) is 7.60. The minimum Gasteiger partial charge on any atom is -0.416 e. The summed E-state index contributed by atoms with van der Waals surface area (Å²) < 4.78 is 33.2. The number of halogens is 2. The van der Waals surface area contributed by atoms with Gasteiger partial charge in [0.05, 0.1) is 10.8 Å². The lowest BCUT2D eigenvalue weighted by Gasteiger charge is -2.30. The zero-order chi connectivity index (χ0) is 30.7. The Bertz CT molecular complexity index is 1420. The molecule has 2 heterocycles. The Kier molecular flexibility index (Phi) is 9.89. The molecule has 3 aliphatic rings. The van der Waals surface area contributed by atoms with Gasteiger partial charge in [-0.1, -0.05) is 54.8 Å². The maximum atomic E-state index is 13.6. The Morgan fingerprint density at radius 2 is 1.90 bits per heavy atom. The van der Waals surface area contributed by atoms with E-state index in [2.05, 4.69) is 21.9 Å². The van der Waals surface area contributed by atoms with Crippen molar-refractivity contribution in [2.75, 3.05) is 6.54 Å². The summed E-state index contributed by atoms with van der Waals surface area (Å²) in [6, 6.07) is 1.97. The number of hydrogen-bond acceptors (Lipinski definition) is 7. The smallest absolute Gasteiger partial charge is 0.412 e. The number of amides is 4. The number of rotatable bonds is 5. The van der Waals surface area contributed by atoms with Crippen molar-refractivity contribution < 1.29 is 32.3 Å². The van der Waals surface area contributed by atoms with Crippen LogP contribution in [0.3, 0.4) is 0 Å². The van der Waals surface area contributed by atoms with E-state index in [0.29, 0.717) is 32.1 Å². The van der Waals surface area contributed by atoms with E-state index in [1.807, 2.05) is 12.2 Å². The summed E-state index contributed by atoms with van der Waals surface area (Å²) >= 11 is 12.0. The molecule has 1 saturated carbocycles. The summed E-state index contributed by atoms with van der Waals surface area (Å²) in [6.07, 6.45) is 7.25. The van der Waals surface area contributed by atoms with Crippen LogP contribution in [-0.4, -0.2) is 61.3 Å². The molecule has 0 radical (unpaired) electrons. The summed E-state index contributed by atoms with van der Waals surface area (Å²) in [6.45, 7) is 5.34. The first-order valence-corrected chi connectivity index (χ1v) is 16.0. The maximum Gasteiger partial charge on any atom is 0.412 e. The van der Waals surface area contributed by atoms with Gasteiger partial charge in [-0.15, -0.1) is 0 Å². The average Bonchev–Trinajstić information content (AvgIpc) is 3.35. The second-order valence-corrected chi connectivity index (χ2v) is 13.3. The van der Waals surface area contributed by atoms with Crippen LogP contribution in [0.5, 0.6) is 0 Å². The van der Waals surface area contributed by atoms with Crippen LogP contribution in [0, 0.1) is 5.92 Å². The largest absolute Gasteiger partial charge is 0.416 e. The lowest BCUT2D eigenvalue weighted by Crippen LogP contribution is -2.58. The van der Waals surface area contributed by atoms with Crippen molar-refractivity contribution in [3.05, 3.63) is 52.7 Å². The van der Waals surface area contributed by atoms with Crippen molar-refractivity contribution in [2.45, 2.75) is 80.8 Å². The van der Waals surface area contributed by atoms with Crippen molar-refractivity contribution >= 4 is 57.0 Å². The molecule has 11 nitrogen and oxygen atoms in total. The standard InChI is InChI=1S/C28H34Cl2N4O7S/c1-17(2)41-27(38)31-21-10-7-5-3-4-6-9-18-16-28(18,32-24(35)22-11-8-14-34(22)25(21)36)26(37)33-42(39,40)23-13-12-19(29)15-20(23)30/h6,9,12-13,15,18,21-22H,1,3-5,7-8,10-11,14,16H2,2H3,(H,31,38)(H,32,35)(H,33,37)/b9-6-/t18-,21+,22+,28-/m1/s1. The third-order valence-corrected chi connectivity index (χ3v) is 9.65. The Balaban J connectivity index is 1.58. The van der Waals surface area contributed by atoms with Crippen LogP contribution in [-0.2, 0) is 29.1 Å². The molecule has 4 atom stereocenters. The van der Waals surface area contributed by atoms with Crippen LogP contribution in [0.2, 0.25) is 10.0 Å². The van der Waals surface area contributed by atoms with Gasteiger partial charge in [0.15, 0.2) is 0 Å². The van der Waals surface area contributed by atoms with Crippen molar-refractivity contribution in [3.8, 4) is 0 Å². The lowest BCUT2D eigenvalue weighted by atomic mass is 10.1. The first-order chi connectivity index (χ1) is 19.8. The molecule has 3 N–H and O–H groups in total.